The van der Waals surface area contributed by atoms with Crippen LogP contribution < -0.4 is 16.2 Å². The van der Waals surface area contributed by atoms with Crippen LogP contribution in [-0.2, 0) is 14.3 Å². The van der Waals surface area contributed by atoms with Crippen LogP contribution in [0.2, 0.25) is 4.34 Å². The van der Waals surface area contributed by atoms with Crippen LogP contribution in [0.25, 0.3) is 5.69 Å². The van der Waals surface area contributed by atoms with E-state index in [0.29, 0.717) is 41.0 Å². The Hall–Kier alpha value is -3.58. The van der Waals surface area contributed by atoms with Crippen molar-refractivity contribution in [2.45, 2.75) is 19.4 Å². The van der Waals surface area contributed by atoms with Gasteiger partial charge in [0.05, 0.1) is 33.7 Å². The van der Waals surface area contributed by atoms with Gasteiger partial charge in [-0.2, -0.15) is 0 Å². The number of rotatable bonds is 8. The lowest BCUT2D eigenvalue weighted by Crippen LogP contribution is -2.38. The smallest absolute Gasteiger partial charge is 0.331 e. The van der Waals surface area contributed by atoms with Gasteiger partial charge in [-0.15, -0.1) is 11.3 Å². The Morgan fingerprint density at radius 1 is 1.21 bits per heavy atom. The van der Waals surface area contributed by atoms with Crippen molar-refractivity contribution >= 4 is 46.4 Å². The molecule has 1 saturated heterocycles. The Balaban J connectivity index is 0.000000532. The average molecular weight is 579 g/mol. The van der Waals surface area contributed by atoms with Gasteiger partial charge in [0.15, 0.2) is 0 Å². The molecule has 1 aromatic carbocycles. The van der Waals surface area contributed by atoms with Gasteiger partial charge >= 0.3 is 5.97 Å². The van der Waals surface area contributed by atoms with Crippen LogP contribution in [0, 0.1) is 5.82 Å². The molecular weight excluding hydrogens is 551 g/mol. The predicted molar refractivity (Wildman–Crippen MR) is 146 cm³/mol. The second-order valence-corrected chi connectivity index (χ2v) is 10.1. The van der Waals surface area contributed by atoms with E-state index in [2.05, 4.69) is 15.4 Å². The first-order valence-corrected chi connectivity index (χ1v) is 13.2. The lowest BCUT2D eigenvalue weighted by molar-refractivity contribution is -0.146. The normalized spacial score (nSPS) is 14.7. The summed E-state index contributed by atoms with van der Waals surface area (Å²) in [6.07, 6.45) is 2.26. The predicted octanol–water partition coefficient (Wildman–Crippen LogP) is 2.68. The summed E-state index contributed by atoms with van der Waals surface area (Å²) in [5, 5.41) is 13.5. The number of aromatic nitrogens is 1. The molecule has 1 unspecified atom stereocenters. The van der Waals surface area contributed by atoms with Gasteiger partial charge in [0.2, 0.25) is 5.91 Å². The van der Waals surface area contributed by atoms with Crippen molar-refractivity contribution < 1.29 is 28.6 Å². The van der Waals surface area contributed by atoms with Gasteiger partial charge in [-0.1, -0.05) is 17.7 Å². The summed E-state index contributed by atoms with van der Waals surface area (Å²) < 4.78 is 20.7. The number of esters is 1. The third-order valence-electron chi connectivity index (χ3n) is 5.53. The number of hydrogen-bond donors (Lipinski definition) is 3. The number of carbonyl (C=O) groups is 3. The number of pyridine rings is 1. The minimum Gasteiger partial charge on any atom is -0.464 e. The van der Waals surface area contributed by atoms with E-state index in [1.807, 2.05) is 4.90 Å². The molecule has 13 heteroatoms. The molecule has 4 rings (SSSR count). The van der Waals surface area contributed by atoms with Crippen molar-refractivity contribution in [2.75, 3.05) is 38.2 Å². The molecular formula is C26H28ClFN4O6S. The number of aliphatic hydroxyl groups excluding tert-OH is 1. The summed E-state index contributed by atoms with van der Waals surface area (Å²) in [6.45, 7) is 2.75. The lowest BCUT2D eigenvalue weighted by Gasteiger charge is -2.16. The molecule has 0 aliphatic carbocycles. The molecule has 0 spiro atoms. The number of carbonyl (C=O) groups excluding carboxylic acids is 3. The second kappa shape index (κ2) is 14.5. The molecule has 2 amide bonds. The molecule has 1 fully saturated rings. The van der Waals surface area contributed by atoms with Crippen LogP contribution in [0.5, 0.6) is 0 Å². The number of hydrogen-bond acceptors (Lipinski definition) is 8. The largest absolute Gasteiger partial charge is 0.464 e. The van der Waals surface area contributed by atoms with Crippen LogP contribution in [0.15, 0.2) is 59.5 Å². The number of halogens is 2. The Morgan fingerprint density at radius 3 is 2.62 bits per heavy atom. The summed E-state index contributed by atoms with van der Waals surface area (Å²) in [4.78, 5) is 48.9. The number of ether oxygens (including phenoxy) is 1. The zero-order valence-electron chi connectivity index (χ0n) is 21.1. The van der Waals surface area contributed by atoms with Crippen molar-refractivity contribution in [1.82, 2.24) is 14.8 Å². The van der Waals surface area contributed by atoms with Crippen LogP contribution in [-0.4, -0.2) is 71.2 Å². The molecule has 3 N–H and O–H groups in total. The molecule has 3 heterocycles. The molecule has 2 aromatic heterocycles. The number of amides is 2. The zero-order valence-corrected chi connectivity index (χ0v) is 22.6. The lowest BCUT2D eigenvalue weighted by atomic mass is 10.2. The number of aliphatic hydroxyl groups is 1. The zero-order chi connectivity index (χ0) is 28.4. The van der Waals surface area contributed by atoms with Crippen LogP contribution >= 0.6 is 22.9 Å². The number of nitrogens with zero attached hydrogens (tertiary/aromatic N) is 2. The van der Waals surface area contributed by atoms with Crippen molar-refractivity contribution in [2.24, 2.45) is 0 Å². The van der Waals surface area contributed by atoms with Gasteiger partial charge < -0.3 is 20.5 Å². The molecule has 1 aliphatic heterocycles. The van der Waals surface area contributed by atoms with Crippen LogP contribution in [0.4, 0.5) is 10.1 Å². The number of thiophene rings is 1. The highest BCUT2D eigenvalue weighted by molar-refractivity contribution is 7.18. The average Bonchev–Trinajstić information content (AvgIpc) is 3.54. The number of nitrogens with one attached hydrogen (secondary N) is 2. The van der Waals surface area contributed by atoms with E-state index in [4.69, 9.17) is 16.7 Å². The molecule has 3 aromatic rings. The van der Waals surface area contributed by atoms with Crippen molar-refractivity contribution in [3.63, 3.8) is 0 Å². The van der Waals surface area contributed by atoms with E-state index in [1.54, 1.807) is 43.5 Å². The van der Waals surface area contributed by atoms with Gasteiger partial charge in [-0.3, -0.25) is 23.9 Å². The first kappa shape index (κ1) is 30.0. The number of likely N-dealkylation sites (tertiary alicyclic amines) is 1. The Labute approximate surface area is 233 Å². The van der Waals surface area contributed by atoms with Crippen LogP contribution in [0.3, 0.4) is 0 Å². The van der Waals surface area contributed by atoms with Crippen LogP contribution in [0.1, 0.15) is 23.0 Å². The third-order valence-corrected chi connectivity index (χ3v) is 6.76. The fourth-order valence-electron chi connectivity index (χ4n) is 3.78. The highest BCUT2D eigenvalue weighted by Crippen LogP contribution is 2.22. The van der Waals surface area contributed by atoms with Gasteiger partial charge in [0.25, 0.3) is 11.5 Å². The Bertz CT molecular complexity index is 1360. The molecule has 0 radical (unpaired) electrons. The van der Waals surface area contributed by atoms with Crippen molar-refractivity contribution in [1.29, 1.82) is 0 Å². The topological polar surface area (TPSA) is 130 Å². The Kier molecular flexibility index (Phi) is 11.2. The summed E-state index contributed by atoms with van der Waals surface area (Å²) >= 11 is 7.08. The molecule has 1 atom stereocenters. The Morgan fingerprint density at radius 2 is 2.00 bits per heavy atom. The maximum absolute atomic E-state index is 14.5. The minimum absolute atomic E-state index is 0.0429. The van der Waals surface area contributed by atoms with Gasteiger partial charge in [-0.05, 0) is 43.7 Å². The maximum Gasteiger partial charge on any atom is 0.331 e. The van der Waals surface area contributed by atoms with E-state index < -0.39 is 18.4 Å². The molecule has 208 valence electrons. The second-order valence-electron chi connectivity index (χ2n) is 8.38. The van der Waals surface area contributed by atoms with E-state index in [1.165, 1.54) is 34.1 Å². The minimum atomic E-state index is -0.632. The molecule has 39 heavy (non-hydrogen) atoms. The SMILES string of the molecule is CCOC(=O)CO.O=C(CN1CCC(NC(=O)c2ccc(Cl)s2)C1)Nc1ccc(-n2ccccc2=O)cc1F. The summed E-state index contributed by atoms with van der Waals surface area (Å²) in [5.74, 6) is -1.74. The quantitative estimate of drug-likeness (QED) is 0.350. The first-order valence-electron chi connectivity index (χ1n) is 12.0. The molecule has 1 aliphatic rings. The fourth-order valence-corrected chi connectivity index (χ4v) is 4.73. The van der Waals surface area contributed by atoms with Crippen molar-refractivity contribution in [3.05, 3.63) is 80.1 Å². The highest BCUT2D eigenvalue weighted by atomic mass is 35.5. The fraction of sp³-hybridized carbons (Fsp3) is 0.308. The third kappa shape index (κ3) is 8.99. The van der Waals surface area contributed by atoms with Crippen molar-refractivity contribution in [3.8, 4) is 5.69 Å². The summed E-state index contributed by atoms with van der Waals surface area (Å²) in [5.41, 5.74) is 0.138. The van der Waals surface area contributed by atoms with E-state index in [0.717, 1.165) is 0 Å². The van der Waals surface area contributed by atoms with E-state index in [9.17, 15) is 23.6 Å². The molecule has 10 nitrogen and oxygen atoms in total. The summed E-state index contributed by atoms with van der Waals surface area (Å²) in [7, 11) is 0. The van der Waals surface area contributed by atoms with E-state index >= 15 is 0 Å². The number of benzene rings is 1. The highest BCUT2D eigenvalue weighted by Gasteiger charge is 2.26. The number of anilines is 1. The maximum atomic E-state index is 14.5. The molecule has 0 bridgehead atoms. The van der Waals surface area contributed by atoms with Gasteiger partial charge in [0.1, 0.15) is 12.4 Å². The first-order chi connectivity index (χ1) is 18.7. The molecule has 0 saturated carbocycles. The van der Waals surface area contributed by atoms with Gasteiger partial charge in [-0.25, -0.2) is 9.18 Å². The monoisotopic (exact) mass is 578 g/mol. The summed E-state index contributed by atoms with van der Waals surface area (Å²) in [6, 6.07) is 12.2. The van der Waals surface area contributed by atoms with E-state index in [-0.39, 0.29) is 35.6 Å². The van der Waals surface area contributed by atoms with Gasteiger partial charge in [0, 0.05) is 37.5 Å². The standard InChI is InChI=1S/C22H20ClFN4O3S.C4H8O3/c23-19-7-6-18(32-19)22(31)25-14-8-10-27(12-14)13-20(29)26-17-5-4-15(11-16(17)24)28-9-2-1-3-21(28)30;1-2-7-4(6)3-5/h1-7,9,11,14H,8,10,12-13H2,(H,25,31)(H,26,29);5H,2-3H2,1H3.